The molecule has 1 rings (SSSR count). The number of benzene rings is 1. The Morgan fingerprint density at radius 3 is 2.50 bits per heavy atom. The minimum atomic E-state index is 0.167. The second kappa shape index (κ2) is 6.10. The van der Waals surface area contributed by atoms with Gasteiger partial charge >= 0.3 is 0 Å². The van der Waals surface area contributed by atoms with Gasteiger partial charge in [0.15, 0.2) is 0 Å². The van der Waals surface area contributed by atoms with Gasteiger partial charge in [-0.2, -0.15) is 12.6 Å². The maximum atomic E-state index is 6.06. The van der Waals surface area contributed by atoms with Crippen LogP contribution in [0, 0.1) is 0 Å². The third kappa shape index (κ3) is 3.35. The highest BCUT2D eigenvalue weighted by Gasteiger charge is 2.14. The number of hydrogen-bond acceptors (Lipinski definition) is 2. The van der Waals surface area contributed by atoms with E-state index in [1.54, 1.807) is 0 Å². The minimum Gasteiger partial charge on any atom is -0.326 e. The molecule has 1 aromatic carbocycles. The van der Waals surface area contributed by atoms with Crippen molar-refractivity contribution in [3.05, 3.63) is 35.9 Å². The van der Waals surface area contributed by atoms with Crippen molar-refractivity contribution in [1.29, 1.82) is 0 Å². The number of hydrogen-bond donors (Lipinski definition) is 2. The topological polar surface area (TPSA) is 26.0 Å². The summed E-state index contributed by atoms with van der Waals surface area (Å²) in [6.07, 6.45) is 3.44. The van der Waals surface area contributed by atoms with Crippen LogP contribution in [-0.2, 0) is 0 Å². The molecule has 0 bridgehead atoms. The molecule has 0 aliphatic heterocycles. The van der Waals surface area contributed by atoms with Gasteiger partial charge < -0.3 is 5.73 Å². The van der Waals surface area contributed by atoms with Gasteiger partial charge in [-0.3, -0.25) is 0 Å². The molecule has 14 heavy (non-hydrogen) atoms. The second-order valence-corrected chi connectivity index (χ2v) is 4.22. The first-order valence-corrected chi connectivity index (χ1v) is 5.76. The zero-order valence-electron chi connectivity index (χ0n) is 8.69. The van der Waals surface area contributed by atoms with Crippen molar-refractivity contribution in [3.63, 3.8) is 0 Å². The molecule has 0 spiro atoms. The summed E-state index contributed by atoms with van der Waals surface area (Å²) in [7, 11) is 0. The van der Waals surface area contributed by atoms with Crippen molar-refractivity contribution in [2.45, 2.75) is 37.5 Å². The Kier molecular flexibility index (Phi) is 5.05. The molecular formula is C12H19NS. The molecule has 0 amide bonds. The van der Waals surface area contributed by atoms with Crippen LogP contribution in [0.1, 0.15) is 37.0 Å². The van der Waals surface area contributed by atoms with Crippen LogP contribution in [0.2, 0.25) is 0 Å². The molecule has 2 N–H and O–H groups in total. The molecule has 1 aromatic rings. The smallest absolute Gasteiger partial charge is 0.0418 e. The van der Waals surface area contributed by atoms with Crippen molar-refractivity contribution in [1.82, 2.24) is 0 Å². The molecule has 0 saturated heterocycles. The monoisotopic (exact) mass is 209 g/mol. The van der Waals surface area contributed by atoms with Gasteiger partial charge in [0.25, 0.3) is 0 Å². The Hall–Kier alpha value is -0.470. The van der Waals surface area contributed by atoms with Crippen molar-refractivity contribution in [2.75, 3.05) is 0 Å². The molecule has 2 atom stereocenters. The molecule has 0 fully saturated rings. The summed E-state index contributed by atoms with van der Waals surface area (Å²) >= 11 is 4.56. The zero-order chi connectivity index (χ0) is 10.4. The van der Waals surface area contributed by atoms with Crippen LogP contribution in [0.3, 0.4) is 0 Å². The van der Waals surface area contributed by atoms with E-state index in [1.807, 2.05) is 18.2 Å². The molecule has 0 heterocycles. The number of thiol groups is 1. The van der Waals surface area contributed by atoms with E-state index in [2.05, 4.69) is 31.7 Å². The summed E-state index contributed by atoms with van der Waals surface area (Å²) < 4.78 is 0. The van der Waals surface area contributed by atoms with Crippen LogP contribution < -0.4 is 5.73 Å². The van der Waals surface area contributed by atoms with E-state index >= 15 is 0 Å². The Balaban J connectivity index is 2.52. The number of rotatable bonds is 5. The summed E-state index contributed by atoms with van der Waals surface area (Å²) in [5.41, 5.74) is 7.28. The molecule has 0 aliphatic rings. The SMILES string of the molecule is CCCCC(N)C(S)c1ccccc1. The van der Waals surface area contributed by atoms with Crippen LogP contribution in [0.25, 0.3) is 0 Å². The average molecular weight is 209 g/mol. The summed E-state index contributed by atoms with van der Waals surface area (Å²) in [6.45, 7) is 2.18. The van der Waals surface area contributed by atoms with Gasteiger partial charge in [0.1, 0.15) is 0 Å². The molecule has 0 saturated carbocycles. The van der Waals surface area contributed by atoms with Crippen molar-refractivity contribution in [2.24, 2.45) is 5.73 Å². The lowest BCUT2D eigenvalue weighted by molar-refractivity contribution is 0.568. The van der Waals surface area contributed by atoms with Crippen molar-refractivity contribution >= 4 is 12.6 Å². The van der Waals surface area contributed by atoms with Gasteiger partial charge in [-0.15, -0.1) is 0 Å². The summed E-state index contributed by atoms with van der Waals surface area (Å²) in [4.78, 5) is 0. The minimum absolute atomic E-state index is 0.167. The lowest BCUT2D eigenvalue weighted by atomic mass is 10.0. The first-order chi connectivity index (χ1) is 6.75. The third-order valence-corrected chi connectivity index (χ3v) is 3.12. The molecule has 0 aromatic heterocycles. The third-order valence-electron chi connectivity index (χ3n) is 2.44. The van der Waals surface area contributed by atoms with Crippen LogP contribution in [-0.4, -0.2) is 6.04 Å². The van der Waals surface area contributed by atoms with Gasteiger partial charge in [-0.1, -0.05) is 50.1 Å². The molecule has 2 unspecified atom stereocenters. The van der Waals surface area contributed by atoms with Gasteiger partial charge in [0, 0.05) is 11.3 Å². The molecule has 0 radical (unpaired) electrons. The first kappa shape index (κ1) is 11.6. The normalized spacial score (nSPS) is 15.1. The zero-order valence-corrected chi connectivity index (χ0v) is 9.58. The van der Waals surface area contributed by atoms with Crippen LogP contribution in [0.15, 0.2) is 30.3 Å². The standard InChI is InChI=1S/C12H19NS/c1-2-3-9-11(13)12(14)10-7-5-4-6-8-10/h4-8,11-12,14H,2-3,9,13H2,1H3. The van der Waals surface area contributed by atoms with E-state index in [-0.39, 0.29) is 11.3 Å². The van der Waals surface area contributed by atoms with Crippen LogP contribution >= 0.6 is 12.6 Å². The Labute approximate surface area is 92.1 Å². The molecular weight excluding hydrogens is 190 g/mol. The molecule has 78 valence electrons. The van der Waals surface area contributed by atoms with Gasteiger partial charge in [-0.05, 0) is 12.0 Å². The van der Waals surface area contributed by atoms with Gasteiger partial charge in [0.05, 0.1) is 0 Å². The maximum absolute atomic E-state index is 6.06. The summed E-state index contributed by atoms with van der Waals surface area (Å²) in [5.74, 6) is 0. The van der Waals surface area contributed by atoms with Crippen LogP contribution in [0.4, 0.5) is 0 Å². The van der Waals surface area contributed by atoms with Gasteiger partial charge in [0.2, 0.25) is 0 Å². The molecule has 2 heteroatoms. The van der Waals surface area contributed by atoms with Gasteiger partial charge in [-0.25, -0.2) is 0 Å². The predicted octanol–water partition coefficient (Wildman–Crippen LogP) is 3.18. The van der Waals surface area contributed by atoms with E-state index in [1.165, 1.54) is 18.4 Å². The lowest BCUT2D eigenvalue weighted by Gasteiger charge is -2.19. The Bertz CT molecular complexity index is 248. The fourth-order valence-electron chi connectivity index (χ4n) is 1.50. The predicted molar refractivity (Wildman–Crippen MR) is 65.7 cm³/mol. The first-order valence-electron chi connectivity index (χ1n) is 5.24. The fraction of sp³-hybridized carbons (Fsp3) is 0.500. The van der Waals surface area contributed by atoms with E-state index in [4.69, 9.17) is 5.73 Å². The van der Waals surface area contributed by atoms with E-state index in [0.717, 1.165) is 6.42 Å². The van der Waals surface area contributed by atoms with Crippen LogP contribution in [0.5, 0.6) is 0 Å². The van der Waals surface area contributed by atoms with E-state index < -0.39 is 0 Å². The maximum Gasteiger partial charge on any atom is 0.0418 e. The van der Waals surface area contributed by atoms with Crippen molar-refractivity contribution < 1.29 is 0 Å². The average Bonchev–Trinajstić information content (AvgIpc) is 2.26. The Morgan fingerprint density at radius 2 is 1.93 bits per heavy atom. The molecule has 1 nitrogen and oxygen atoms in total. The Morgan fingerprint density at radius 1 is 1.29 bits per heavy atom. The highest BCUT2D eigenvalue weighted by Crippen LogP contribution is 2.24. The summed E-state index contributed by atoms with van der Waals surface area (Å²) in [5, 5.41) is 0.169. The summed E-state index contributed by atoms with van der Waals surface area (Å²) in [6, 6.07) is 10.4. The quantitative estimate of drug-likeness (QED) is 0.716. The van der Waals surface area contributed by atoms with E-state index in [0.29, 0.717) is 0 Å². The van der Waals surface area contributed by atoms with E-state index in [9.17, 15) is 0 Å². The molecule has 0 aliphatic carbocycles. The largest absolute Gasteiger partial charge is 0.326 e. The highest BCUT2D eigenvalue weighted by molar-refractivity contribution is 7.80. The fourth-order valence-corrected chi connectivity index (χ4v) is 1.82. The number of nitrogens with two attached hydrogens (primary N) is 1. The highest BCUT2D eigenvalue weighted by atomic mass is 32.1. The lowest BCUT2D eigenvalue weighted by Crippen LogP contribution is -2.25. The van der Waals surface area contributed by atoms with Crippen molar-refractivity contribution in [3.8, 4) is 0 Å². The number of unbranched alkanes of at least 4 members (excludes halogenated alkanes) is 1. The second-order valence-electron chi connectivity index (χ2n) is 3.66.